The number of benzene rings is 1. The second kappa shape index (κ2) is 5.45. The molecule has 2 aliphatic heterocycles. The molecule has 1 saturated heterocycles. The van der Waals surface area contributed by atoms with E-state index >= 15 is 0 Å². The average Bonchev–Trinajstić information content (AvgIpc) is 3.02. The topological polar surface area (TPSA) is 32.3 Å². The summed E-state index contributed by atoms with van der Waals surface area (Å²) in [6.07, 6.45) is 7.23. The van der Waals surface area contributed by atoms with Crippen LogP contribution < -0.4 is 5.32 Å². The van der Waals surface area contributed by atoms with Crippen LogP contribution in [-0.4, -0.2) is 29.4 Å². The van der Waals surface area contributed by atoms with Crippen LogP contribution in [0.1, 0.15) is 43.2 Å². The summed E-state index contributed by atoms with van der Waals surface area (Å²) in [6, 6.07) is 9.02. The molecule has 112 valence electrons. The van der Waals surface area contributed by atoms with Gasteiger partial charge in [0.15, 0.2) is 0 Å². The number of amides is 1. The number of hydrogen-bond donors (Lipinski definition) is 1. The van der Waals surface area contributed by atoms with Gasteiger partial charge in [-0.25, -0.2) is 0 Å². The van der Waals surface area contributed by atoms with Gasteiger partial charge in [-0.05, 0) is 49.1 Å². The molecular weight excluding hydrogens is 260 g/mol. The van der Waals surface area contributed by atoms with Crippen molar-refractivity contribution in [1.29, 1.82) is 0 Å². The van der Waals surface area contributed by atoms with Crippen molar-refractivity contribution in [3.63, 3.8) is 0 Å². The smallest absolute Gasteiger partial charge is 0.240 e. The lowest BCUT2D eigenvalue weighted by Crippen LogP contribution is -2.55. The summed E-state index contributed by atoms with van der Waals surface area (Å²) in [4.78, 5) is 15.2. The molecule has 3 unspecified atom stereocenters. The Labute approximate surface area is 126 Å². The van der Waals surface area contributed by atoms with E-state index in [-0.39, 0.29) is 6.04 Å². The van der Waals surface area contributed by atoms with Gasteiger partial charge in [-0.1, -0.05) is 30.7 Å². The number of piperidine rings is 1. The highest BCUT2D eigenvalue weighted by molar-refractivity contribution is 5.83. The molecule has 1 amide bonds. The quantitative estimate of drug-likeness (QED) is 0.859. The molecule has 4 rings (SSSR count). The third kappa shape index (κ3) is 2.38. The van der Waals surface area contributed by atoms with Gasteiger partial charge in [0.1, 0.15) is 0 Å². The predicted molar refractivity (Wildman–Crippen MR) is 82.8 cm³/mol. The molecule has 2 heterocycles. The third-order valence-electron chi connectivity index (χ3n) is 5.66. The molecular formula is C18H24N2O. The zero-order valence-electron chi connectivity index (χ0n) is 12.6. The second-order valence-electron chi connectivity index (χ2n) is 6.84. The predicted octanol–water partition coefficient (Wildman–Crippen LogP) is 2.49. The number of fused-ring (bicyclic) bond motifs is 2. The fraction of sp³-hybridized carbons (Fsp3) is 0.611. The number of hydrogen-bond acceptors (Lipinski definition) is 2. The summed E-state index contributed by atoms with van der Waals surface area (Å²) < 4.78 is 0. The van der Waals surface area contributed by atoms with Crippen molar-refractivity contribution in [3.8, 4) is 0 Å². The van der Waals surface area contributed by atoms with Crippen LogP contribution in [0.2, 0.25) is 0 Å². The summed E-state index contributed by atoms with van der Waals surface area (Å²) in [5.41, 5.74) is 2.69. The fourth-order valence-electron chi connectivity index (χ4n) is 4.56. The number of carbonyl (C=O) groups excluding carboxylic acids is 1. The molecule has 3 heteroatoms. The minimum atomic E-state index is -0.0146. The summed E-state index contributed by atoms with van der Waals surface area (Å²) in [6.45, 7) is 1.80. The molecule has 3 nitrogen and oxygen atoms in total. The van der Waals surface area contributed by atoms with Gasteiger partial charge in [-0.15, -0.1) is 0 Å². The Morgan fingerprint density at radius 3 is 2.81 bits per heavy atom. The monoisotopic (exact) mass is 284 g/mol. The van der Waals surface area contributed by atoms with Gasteiger partial charge >= 0.3 is 0 Å². The molecule has 3 aliphatic rings. The normalized spacial score (nSPS) is 31.6. The molecule has 1 aliphatic carbocycles. The summed E-state index contributed by atoms with van der Waals surface area (Å²) in [7, 11) is 0. The first-order valence-corrected chi connectivity index (χ1v) is 8.43. The maximum absolute atomic E-state index is 13.0. The van der Waals surface area contributed by atoms with E-state index in [2.05, 4.69) is 34.5 Å². The van der Waals surface area contributed by atoms with Crippen LogP contribution in [0, 0.1) is 5.92 Å². The number of carbonyl (C=O) groups is 1. The zero-order chi connectivity index (χ0) is 14.2. The standard InChI is InChI=1S/C18H24N2O/c21-18(20-10-4-8-13-7-3-9-17(13)20)16-11-14-5-1-2-6-15(14)12-19-16/h1-2,5-6,13,16-17,19H,3-4,7-12H2. The highest BCUT2D eigenvalue weighted by Gasteiger charge is 2.39. The van der Waals surface area contributed by atoms with Gasteiger partial charge in [-0.3, -0.25) is 4.79 Å². The van der Waals surface area contributed by atoms with E-state index in [0.29, 0.717) is 11.9 Å². The van der Waals surface area contributed by atoms with E-state index in [1.165, 1.54) is 43.2 Å². The van der Waals surface area contributed by atoms with E-state index in [4.69, 9.17) is 0 Å². The van der Waals surface area contributed by atoms with Crippen molar-refractivity contribution in [3.05, 3.63) is 35.4 Å². The largest absolute Gasteiger partial charge is 0.338 e. The van der Waals surface area contributed by atoms with Crippen LogP contribution in [-0.2, 0) is 17.8 Å². The van der Waals surface area contributed by atoms with Crippen LogP contribution in [0.25, 0.3) is 0 Å². The third-order valence-corrected chi connectivity index (χ3v) is 5.66. The SMILES string of the molecule is O=C(C1Cc2ccccc2CN1)N1CCCC2CCCC21. The molecule has 21 heavy (non-hydrogen) atoms. The van der Waals surface area contributed by atoms with Gasteiger partial charge in [-0.2, -0.15) is 0 Å². The van der Waals surface area contributed by atoms with Gasteiger partial charge < -0.3 is 10.2 Å². The van der Waals surface area contributed by atoms with Gasteiger partial charge in [0.25, 0.3) is 0 Å². The summed E-state index contributed by atoms with van der Waals surface area (Å²) in [5, 5.41) is 3.46. The van der Waals surface area contributed by atoms with E-state index < -0.39 is 0 Å². The van der Waals surface area contributed by atoms with Crippen LogP contribution >= 0.6 is 0 Å². The lowest BCUT2D eigenvalue weighted by atomic mass is 9.90. The molecule has 0 radical (unpaired) electrons. The maximum Gasteiger partial charge on any atom is 0.240 e. The van der Waals surface area contributed by atoms with Crippen molar-refractivity contribution in [1.82, 2.24) is 10.2 Å². The van der Waals surface area contributed by atoms with Crippen molar-refractivity contribution < 1.29 is 4.79 Å². The Hall–Kier alpha value is -1.35. The van der Waals surface area contributed by atoms with Gasteiger partial charge in [0.2, 0.25) is 5.91 Å². The Bertz CT molecular complexity index is 542. The van der Waals surface area contributed by atoms with E-state index in [1.54, 1.807) is 0 Å². The maximum atomic E-state index is 13.0. The molecule has 1 N–H and O–H groups in total. The first-order valence-electron chi connectivity index (χ1n) is 8.43. The molecule has 1 aromatic rings. The molecule has 1 aromatic carbocycles. The Kier molecular flexibility index (Phi) is 3.46. The summed E-state index contributed by atoms with van der Waals surface area (Å²) in [5.74, 6) is 1.12. The molecule has 0 spiro atoms. The summed E-state index contributed by atoms with van der Waals surface area (Å²) >= 11 is 0. The van der Waals surface area contributed by atoms with Gasteiger partial charge in [0, 0.05) is 19.1 Å². The lowest BCUT2D eigenvalue weighted by molar-refractivity contribution is -0.138. The molecule has 3 atom stereocenters. The Morgan fingerprint density at radius 1 is 1.10 bits per heavy atom. The zero-order valence-corrected chi connectivity index (χ0v) is 12.6. The molecule has 0 bridgehead atoms. The van der Waals surface area contributed by atoms with Crippen molar-refractivity contribution >= 4 is 5.91 Å². The highest BCUT2D eigenvalue weighted by Crippen LogP contribution is 2.37. The van der Waals surface area contributed by atoms with Crippen LogP contribution in [0.3, 0.4) is 0 Å². The molecule has 2 fully saturated rings. The van der Waals surface area contributed by atoms with Crippen molar-refractivity contribution in [2.75, 3.05) is 6.54 Å². The molecule has 0 aromatic heterocycles. The second-order valence-corrected chi connectivity index (χ2v) is 6.84. The van der Waals surface area contributed by atoms with Crippen LogP contribution in [0.5, 0.6) is 0 Å². The van der Waals surface area contributed by atoms with Crippen molar-refractivity contribution in [2.24, 2.45) is 5.92 Å². The van der Waals surface area contributed by atoms with E-state index in [0.717, 1.165) is 25.4 Å². The average molecular weight is 284 g/mol. The van der Waals surface area contributed by atoms with E-state index in [9.17, 15) is 4.79 Å². The number of nitrogens with one attached hydrogen (secondary N) is 1. The van der Waals surface area contributed by atoms with Crippen molar-refractivity contribution in [2.45, 2.75) is 57.2 Å². The van der Waals surface area contributed by atoms with E-state index in [1.807, 2.05) is 0 Å². The number of nitrogens with zero attached hydrogens (tertiary/aromatic N) is 1. The highest BCUT2D eigenvalue weighted by atomic mass is 16.2. The first kappa shape index (κ1) is 13.3. The fourth-order valence-corrected chi connectivity index (χ4v) is 4.56. The lowest BCUT2D eigenvalue weighted by Gasteiger charge is -2.40. The Balaban J connectivity index is 1.50. The first-order chi connectivity index (χ1) is 10.3. The number of likely N-dealkylation sites (tertiary alicyclic amines) is 1. The van der Waals surface area contributed by atoms with Gasteiger partial charge in [0.05, 0.1) is 6.04 Å². The minimum Gasteiger partial charge on any atom is -0.338 e. The Morgan fingerprint density at radius 2 is 1.90 bits per heavy atom. The van der Waals surface area contributed by atoms with Crippen LogP contribution in [0.15, 0.2) is 24.3 Å². The van der Waals surface area contributed by atoms with Crippen LogP contribution in [0.4, 0.5) is 0 Å². The molecule has 1 saturated carbocycles. The number of rotatable bonds is 1. The minimum absolute atomic E-state index is 0.0146.